The Labute approximate surface area is 208 Å². The van der Waals surface area contributed by atoms with Gasteiger partial charge in [-0.25, -0.2) is 4.79 Å². The first-order chi connectivity index (χ1) is 17.1. The number of nitrogens with zero attached hydrogens (tertiary/aromatic N) is 3. The third kappa shape index (κ3) is 4.36. The first-order valence-electron chi connectivity index (χ1n) is 11.3. The van der Waals surface area contributed by atoms with Crippen LogP contribution in [0.3, 0.4) is 0 Å². The maximum Gasteiger partial charge on any atom is 0.335 e. The fourth-order valence-electron chi connectivity index (χ4n) is 4.46. The predicted molar refractivity (Wildman–Crippen MR) is 138 cm³/mol. The van der Waals surface area contributed by atoms with Crippen molar-refractivity contribution >= 4 is 29.0 Å². The molecule has 35 heavy (non-hydrogen) atoms. The zero-order chi connectivity index (χ0) is 24.4. The van der Waals surface area contributed by atoms with Crippen LogP contribution in [0.2, 0.25) is 0 Å². The first-order valence-corrected chi connectivity index (χ1v) is 11.7. The number of benzene rings is 2. The summed E-state index contributed by atoms with van der Waals surface area (Å²) in [5.74, 6) is -0.173. The molecule has 0 bridgehead atoms. The lowest BCUT2D eigenvalue weighted by atomic mass is 10.0. The van der Waals surface area contributed by atoms with Crippen LogP contribution in [0, 0.1) is 0 Å². The molecular weight excluding hydrogens is 460 g/mol. The summed E-state index contributed by atoms with van der Waals surface area (Å²) >= 11 is 5.82. The Balaban J connectivity index is 1.63. The molecule has 4 aromatic rings. The Kier molecular flexibility index (Phi) is 6.20. The van der Waals surface area contributed by atoms with Gasteiger partial charge in [0.25, 0.3) is 0 Å². The molecular formula is C27H24N4O3S. The molecule has 3 heterocycles. The van der Waals surface area contributed by atoms with Crippen LogP contribution in [0.15, 0.2) is 91.3 Å². The number of thiocarbonyl (C=S) groups is 1. The summed E-state index contributed by atoms with van der Waals surface area (Å²) in [5, 5.41) is 13.5. The van der Waals surface area contributed by atoms with Crippen molar-refractivity contribution in [2.24, 2.45) is 0 Å². The molecule has 2 aromatic heterocycles. The van der Waals surface area contributed by atoms with Crippen molar-refractivity contribution in [1.82, 2.24) is 14.9 Å². The van der Waals surface area contributed by atoms with E-state index in [0.29, 0.717) is 11.7 Å². The standard InChI is InChI=1S/C27H24N4O3S/c1-2-34-21-13-11-19(12-14-21)31-25(24(29-27(31)35)22-9-3-4-15-28-22)23-10-6-16-30(23)20-8-5-7-18(17-20)26(32)33/h3-17,24-25H,2H2,1H3,(H,29,35)(H,32,33)/t24-,25-/m1/s1. The third-order valence-corrected chi connectivity index (χ3v) is 6.29. The maximum atomic E-state index is 11.6. The normalized spacial score (nSPS) is 17.3. The molecule has 0 spiro atoms. The van der Waals surface area contributed by atoms with Crippen LogP contribution in [0.5, 0.6) is 5.75 Å². The quantitative estimate of drug-likeness (QED) is 0.351. The number of hydrogen-bond donors (Lipinski definition) is 2. The molecule has 176 valence electrons. The van der Waals surface area contributed by atoms with Gasteiger partial charge < -0.3 is 24.6 Å². The minimum atomic E-state index is -0.966. The van der Waals surface area contributed by atoms with Crippen molar-refractivity contribution in [3.63, 3.8) is 0 Å². The number of aromatic nitrogens is 2. The average Bonchev–Trinajstić information content (AvgIpc) is 3.50. The Morgan fingerprint density at radius 3 is 2.60 bits per heavy atom. The zero-order valence-electron chi connectivity index (χ0n) is 19.0. The van der Waals surface area contributed by atoms with E-state index >= 15 is 0 Å². The van der Waals surface area contributed by atoms with Crippen molar-refractivity contribution in [3.8, 4) is 11.4 Å². The fraction of sp³-hybridized carbons (Fsp3) is 0.148. The van der Waals surface area contributed by atoms with Crippen molar-refractivity contribution in [2.45, 2.75) is 19.0 Å². The van der Waals surface area contributed by atoms with Crippen LogP contribution in [0.4, 0.5) is 5.69 Å². The number of pyridine rings is 1. The Bertz CT molecular complexity index is 1350. The molecule has 0 amide bonds. The molecule has 1 saturated heterocycles. The Hall–Kier alpha value is -4.17. The summed E-state index contributed by atoms with van der Waals surface area (Å²) in [7, 11) is 0. The van der Waals surface area contributed by atoms with E-state index < -0.39 is 5.97 Å². The van der Waals surface area contributed by atoms with Crippen molar-refractivity contribution in [3.05, 3.63) is 108 Å². The molecule has 5 rings (SSSR count). The molecule has 2 atom stereocenters. The Morgan fingerprint density at radius 1 is 1.06 bits per heavy atom. The number of carbonyl (C=O) groups is 1. The van der Waals surface area contributed by atoms with Gasteiger partial charge in [0.1, 0.15) is 11.8 Å². The van der Waals surface area contributed by atoms with Gasteiger partial charge in [0.2, 0.25) is 0 Å². The summed E-state index contributed by atoms with van der Waals surface area (Å²) in [6, 6.07) is 24.1. The number of hydrogen-bond acceptors (Lipinski definition) is 4. The molecule has 8 heteroatoms. The number of carboxylic acid groups (broad SMARTS) is 1. The van der Waals surface area contributed by atoms with Crippen LogP contribution in [-0.4, -0.2) is 32.3 Å². The van der Waals surface area contributed by atoms with Crippen molar-refractivity contribution in [1.29, 1.82) is 0 Å². The van der Waals surface area contributed by atoms with Crippen LogP contribution in [-0.2, 0) is 0 Å². The van der Waals surface area contributed by atoms with Crippen LogP contribution < -0.4 is 15.0 Å². The highest BCUT2D eigenvalue weighted by Gasteiger charge is 2.42. The monoisotopic (exact) mass is 484 g/mol. The number of ether oxygens (including phenoxy) is 1. The molecule has 0 aliphatic carbocycles. The summed E-state index contributed by atoms with van der Waals surface area (Å²) in [6.07, 6.45) is 3.70. The van der Waals surface area contributed by atoms with Gasteiger partial charge >= 0.3 is 5.97 Å². The van der Waals surface area contributed by atoms with Crippen LogP contribution in [0.25, 0.3) is 5.69 Å². The van der Waals surface area contributed by atoms with E-state index in [2.05, 4.69) is 15.2 Å². The van der Waals surface area contributed by atoms with E-state index in [9.17, 15) is 9.90 Å². The van der Waals surface area contributed by atoms with E-state index in [0.717, 1.165) is 28.5 Å². The lowest BCUT2D eigenvalue weighted by molar-refractivity contribution is 0.0697. The number of aromatic carboxylic acids is 1. The number of anilines is 1. The predicted octanol–water partition coefficient (Wildman–Crippen LogP) is 5.15. The fourth-order valence-corrected chi connectivity index (χ4v) is 4.81. The summed E-state index contributed by atoms with van der Waals surface area (Å²) in [5.41, 5.74) is 3.71. The first kappa shape index (κ1) is 22.6. The van der Waals surface area contributed by atoms with Gasteiger partial charge in [-0.3, -0.25) is 4.98 Å². The van der Waals surface area contributed by atoms with E-state index in [-0.39, 0.29) is 17.6 Å². The molecule has 0 radical (unpaired) electrons. The molecule has 2 N–H and O–H groups in total. The molecule has 1 aliphatic rings. The highest BCUT2D eigenvalue weighted by molar-refractivity contribution is 7.80. The summed E-state index contributed by atoms with van der Waals surface area (Å²) in [4.78, 5) is 18.3. The van der Waals surface area contributed by atoms with Crippen LogP contribution in [0.1, 0.15) is 40.8 Å². The topological polar surface area (TPSA) is 79.6 Å². The molecule has 0 unspecified atom stereocenters. The van der Waals surface area contributed by atoms with Gasteiger partial charge in [-0.05, 0) is 85.9 Å². The van der Waals surface area contributed by atoms with Gasteiger partial charge in [0, 0.05) is 29.5 Å². The SMILES string of the molecule is CCOc1ccc(N2C(=S)N[C@H](c3ccccn3)[C@H]2c2cccn2-c2cccc(C(=O)O)c2)cc1. The van der Waals surface area contributed by atoms with Crippen molar-refractivity contribution < 1.29 is 14.6 Å². The molecule has 1 fully saturated rings. The summed E-state index contributed by atoms with van der Waals surface area (Å²) in [6.45, 7) is 2.55. The number of rotatable bonds is 7. The van der Waals surface area contributed by atoms with Gasteiger partial charge in [-0.1, -0.05) is 12.1 Å². The molecule has 0 saturated carbocycles. The highest BCUT2D eigenvalue weighted by Crippen LogP contribution is 2.42. The second-order valence-electron chi connectivity index (χ2n) is 8.08. The minimum absolute atomic E-state index is 0.216. The lowest BCUT2D eigenvalue weighted by Crippen LogP contribution is -2.30. The van der Waals surface area contributed by atoms with E-state index in [1.165, 1.54) is 0 Å². The lowest BCUT2D eigenvalue weighted by Gasteiger charge is -2.29. The zero-order valence-corrected chi connectivity index (χ0v) is 19.9. The third-order valence-electron chi connectivity index (χ3n) is 5.98. The molecule has 7 nitrogen and oxygen atoms in total. The maximum absolute atomic E-state index is 11.6. The van der Waals surface area contributed by atoms with Gasteiger partial charge in [-0.2, -0.15) is 0 Å². The molecule has 2 aromatic carbocycles. The second-order valence-corrected chi connectivity index (χ2v) is 8.47. The minimum Gasteiger partial charge on any atom is -0.494 e. The van der Waals surface area contributed by atoms with Gasteiger partial charge in [0.05, 0.1) is 23.9 Å². The van der Waals surface area contributed by atoms with Gasteiger partial charge in [-0.15, -0.1) is 0 Å². The number of nitrogens with one attached hydrogen (secondary N) is 1. The molecule has 1 aliphatic heterocycles. The van der Waals surface area contributed by atoms with E-state index in [4.69, 9.17) is 17.0 Å². The van der Waals surface area contributed by atoms with Gasteiger partial charge in [0.15, 0.2) is 5.11 Å². The highest BCUT2D eigenvalue weighted by atomic mass is 32.1. The second kappa shape index (κ2) is 9.60. The largest absolute Gasteiger partial charge is 0.494 e. The van der Waals surface area contributed by atoms with E-state index in [1.807, 2.05) is 78.4 Å². The summed E-state index contributed by atoms with van der Waals surface area (Å²) < 4.78 is 7.62. The smallest absolute Gasteiger partial charge is 0.335 e. The van der Waals surface area contributed by atoms with Crippen LogP contribution >= 0.6 is 12.2 Å². The number of carboxylic acids is 1. The Morgan fingerprint density at radius 2 is 1.89 bits per heavy atom. The van der Waals surface area contributed by atoms with E-state index in [1.54, 1.807) is 24.4 Å². The van der Waals surface area contributed by atoms with Crippen molar-refractivity contribution in [2.75, 3.05) is 11.5 Å². The average molecular weight is 485 g/mol.